The maximum Gasteiger partial charge on any atom is 0.494 e. The van der Waals surface area contributed by atoms with Crippen LogP contribution >= 0.6 is 50.7 Å². The number of nitrogens with two attached hydrogens (primary N) is 6. The number of ether oxygens (including phenoxy) is 5. The molecule has 2 aliphatic carbocycles. The fraction of sp³-hybridized carbons (Fsp3) is 0.367. The van der Waals surface area contributed by atoms with Gasteiger partial charge in [-0.3, -0.25) is 0 Å². The van der Waals surface area contributed by atoms with Crippen LogP contribution in [0.4, 0.5) is 46.7 Å². The SMILES string of the molecule is C1COC2(CC2)CN1.CC1(C)OB(c2ccc3ccc(N)nc3c2)OC1(C)C.CCCOCC.CCCOCC.C[C@H]1COCCN1c1nc(N2CCOC3(CC3)C2)nc2nc(-c3ccc4ccc(N)nc4c3)ccc12.Nc1ccc2ccc(-c3ccc4c(N)nc(Cl)nc4n3)cc2n1.Nc1ccc2ccc(Br)cc2n1.Nc1nc(Cl)nc2nc(Cl)ccc12. The van der Waals surface area contributed by atoms with Crippen LogP contribution in [0, 0.1) is 0 Å². The lowest BCUT2D eigenvalue weighted by molar-refractivity contribution is 0.00578. The van der Waals surface area contributed by atoms with Gasteiger partial charge in [-0.15, -0.1) is 0 Å². The minimum Gasteiger partial charge on any atom is -0.399 e. The van der Waals surface area contributed by atoms with E-state index in [-0.39, 0.29) is 40.5 Å². The first kappa shape index (κ1) is 91.2. The third kappa shape index (κ3) is 23.5. The van der Waals surface area contributed by atoms with Crippen LogP contribution in [0.1, 0.15) is 101 Å². The van der Waals surface area contributed by atoms with Gasteiger partial charge < -0.3 is 82.5 Å². The van der Waals surface area contributed by atoms with Gasteiger partial charge in [-0.1, -0.05) is 83.8 Å². The van der Waals surface area contributed by atoms with Crippen LogP contribution in [0.3, 0.4) is 0 Å². The van der Waals surface area contributed by atoms with Crippen molar-refractivity contribution in [1.29, 1.82) is 0 Å². The Morgan fingerprint density at radius 2 is 0.952 bits per heavy atom. The average Bonchev–Trinajstić information content (AvgIpc) is 1.34. The molecular formula is C90H105BBrCl3N22O7. The van der Waals surface area contributed by atoms with E-state index < -0.39 is 0 Å². The lowest BCUT2D eigenvalue weighted by Gasteiger charge is -2.36. The molecule has 0 radical (unpaired) electrons. The van der Waals surface area contributed by atoms with E-state index in [1.54, 1.807) is 30.3 Å². The molecule has 10 aromatic heterocycles. The Labute approximate surface area is 744 Å². The summed E-state index contributed by atoms with van der Waals surface area (Å²) in [5, 5.41) is 10.3. The number of benzene rings is 4. The number of hydrogen-bond acceptors (Lipinski definition) is 29. The van der Waals surface area contributed by atoms with Crippen LogP contribution in [0.15, 0.2) is 162 Å². The van der Waals surface area contributed by atoms with Gasteiger partial charge in [0, 0.05) is 96.3 Å². The number of nitrogens with one attached hydrogen (secondary N) is 1. The quantitative estimate of drug-likeness (QED) is 0.0274. The van der Waals surface area contributed by atoms with Crippen molar-refractivity contribution in [3.8, 4) is 22.5 Å². The predicted octanol–water partition coefficient (Wildman–Crippen LogP) is 16.1. The smallest absolute Gasteiger partial charge is 0.399 e. The molecule has 0 unspecified atom stereocenters. The first-order chi connectivity index (χ1) is 59.6. The third-order valence-electron chi connectivity index (χ3n) is 21.6. The van der Waals surface area contributed by atoms with E-state index in [1.807, 2.05) is 151 Å². The third-order valence-corrected chi connectivity index (χ3v) is 22.6. The number of hydrogen-bond donors (Lipinski definition) is 7. The number of nitrogens with zero attached hydrogens (tertiary/aromatic N) is 15. The Morgan fingerprint density at radius 3 is 1.44 bits per heavy atom. The summed E-state index contributed by atoms with van der Waals surface area (Å²) in [7, 11) is -0.368. The number of rotatable bonds is 11. The zero-order valence-electron chi connectivity index (χ0n) is 71.1. The van der Waals surface area contributed by atoms with E-state index in [0.29, 0.717) is 93.2 Å². The maximum atomic E-state index is 6.05. The molecule has 124 heavy (non-hydrogen) atoms. The van der Waals surface area contributed by atoms with E-state index >= 15 is 0 Å². The van der Waals surface area contributed by atoms with E-state index in [0.717, 1.165) is 185 Å². The molecule has 1 atom stereocenters. The van der Waals surface area contributed by atoms with Crippen molar-refractivity contribution >= 4 is 187 Å². The molecule has 6 aliphatic rings. The Hall–Kier alpha value is -10.5. The van der Waals surface area contributed by atoms with Gasteiger partial charge in [-0.25, -0.2) is 44.9 Å². The molecule has 2 saturated carbocycles. The lowest BCUT2D eigenvalue weighted by atomic mass is 9.79. The summed E-state index contributed by atoms with van der Waals surface area (Å²) in [6, 6.07) is 50.4. The van der Waals surface area contributed by atoms with Crippen LogP contribution < -0.4 is 55.0 Å². The summed E-state index contributed by atoms with van der Waals surface area (Å²) in [6.07, 6.45) is 7.03. The minimum absolute atomic E-state index is 0.0157. The van der Waals surface area contributed by atoms with Gasteiger partial charge in [0.1, 0.15) is 45.9 Å². The van der Waals surface area contributed by atoms with E-state index in [9.17, 15) is 0 Å². The highest BCUT2D eigenvalue weighted by molar-refractivity contribution is 9.10. The van der Waals surface area contributed by atoms with E-state index in [4.69, 9.17) is 117 Å². The lowest BCUT2D eigenvalue weighted by Crippen LogP contribution is -2.46. The standard InChI is InChI=1S/C27H29N7O2.C16H11ClN6.C15H19BN2O2.C9H7BrN2.C7H4Cl2N4.C6H11NO.2C5H12O/c1-17-15-35-12-11-34(17)25-20-5-6-21(19-3-2-18-4-7-23(28)29-22(18)14-19)30-24(20)31-26(32-25)33-10-13-36-27(16-33)8-9-27;17-16-22-14(19)10-4-5-11(21-15(10)23-16)9-2-1-8-3-6-13(18)20-12(8)7-9;1-14(2)15(3,4)20-16(19-14)11-7-5-10-6-8-13(17)18-12(10)9-11;10-7-3-1-6-2-4-9(11)12-8(6)5-7;8-4-2-1-3-5(10)12-7(9)13-6(3)11-4;1-2-6(1)5-7-3-4-8-6;2*1-3-5-6-4-2/h2-7,14,17H,8-13,15-16H2,1H3,(H2,28,29);1-7H,(H2,18,20)(H2,19,21,22,23);5-9H,1-4H3,(H2,17,18);1-5H,(H2,11,12);1-2H,(H2,10,11,12,13);7H,1-5H2;2*3-5H2,1-2H3/t17-;;;;;;;/m0......./s1. The van der Waals surface area contributed by atoms with Crippen molar-refractivity contribution in [2.24, 2.45) is 0 Å². The zero-order chi connectivity index (χ0) is 87.9. The highest BCUT2D eigenvalue weighted by Crippen LogP contribution is 2.44. The highest BCUT2D eigenvalue weighted by Gasteiger charge is 2.52. The van der Waals surface area contributed by atoms with Crippen LogP contribution in [-0.2, 0) is 33.0 Å². The second-order valence-electron chi connectivity index (χ2n) is 31.6. The number of anilines is 8. The number of pyridine rings is 7. The topological polar surface area (TPSA) is 407 Å². The second kappa shape index (κ2) is 41.1. The zero-order valence-corrected chi connectivity index (χ0v) is 75.0. The Morgan fingerprint density at radius 1 is 0.484 bits per heavy atom. The second-order valence-corrected chi connectivity index (χ2v) is 33.5. The first-order valence-corrected chi connectivity index (χ1v) is 43.5. The van der Waals surface area contributed by atoms with E-state index in [2.05, 4.69) is 120 Å². The molecule has 34 heteroatoms. The summed E-state index contributed by atoms with van der Waals surface area (Å²) < 4.78 is 40.3. The Bertz CT molecular complexity index is 5990. The average molecular weight is 1800 g/mol. The number of aromatic nitrogens is 13. The molecule has 4 saturated heterocycles. The fourth-order valence-electron chi connectivity index (χ4n) is 13.9. The molecular weight excluding hydrogens is 1700 g/mol. The van der Waals surface area contributed by atoms with Crippen LogP contribution in [0.2, 0.25) is 15.7 Å². The van der Waals surface area contributed by atoms with Gasteiger partial charge in [-0.05, 0) is 231 Å². The van der Waals surface area contributed by atoms with Gasteiger partial charge in [0.2, 0.25) is 16.5 Å². The van der Waals surface area contributed by atoms with Crippen molar-refractivity contribution in [3.63, 3.8) is 0 Å². The molecule has 20 rings (SSSR count). The number of morpholine rings is 3. The summed E-state index contributed by atoms with van der Waals surface area (Å²) >= 11 is 20.5. The Kier molecular flexibility index (Phi) is 30.2. The van der Waals surface area contributed by atoms with Gasteiger partial charge >= 0.3 is 7.12 Å². The molecule has 0 bridgehead atoms. The van der Waals surface area contributed by atoms with Crippen LogP contribution in [0.25, 0.3) is 99.2 Å². The fourth-order valence-corrected chi connectivity index (χ4v) is 14.7. The molecule has 4 aromatic carbocycles. The molecule has 4 aliphatic heterocycles. The molecule has 14 heterocycles. The number of fused-ring (bicyclic) bond motifs is 7. The van der Waals surface area contributed by atoms with Crippen molar-refractivity contribution in [2.45, 2.75) is 129 Å². The molecule has 14 aromatic rings. The normalized spacial score (nSPS) is 16.7. The molecule has 13 N–H and O–H groups in total. The number of nitrogen functional groups attached to an aromatic ring is 6. The van der Waals surface area contributed by atoms with Gasteiger partial charge in [0.25, 0.3) is 0 Å². The molecule has 6 fully saturated rings. The molecule has 29 nitrogen and oxygen atoms in total. The molecule has 648 valence electrons. The van der Waals surface area contributed by atoms with Gasteiger partial charge in [-0.2, -0.15) is 19.9 Å². The van der Waals surface area contributed by atoms with Crippen molar-refractivity contribution in [3.05, 3.63) is 178 Å². The maximum absolute atomic E-state index is 6.05. The summed E-state index contributed by atoms with van der Waals surface area (Å²) in [5.74, 6) is 4.33. The van der Waals surface area contributed by atoms with Crippen LogP contribution in [0.5, 0.6) is 0 Å². The largest absolute Gasteiger partial charge is 0.494 e. The number of halogens is 4. The monoisotopic (exact) mass is 1800 g/mol. The van der Waals surface area contributed by atoms with Crippen molar-refractivity contribution < 1.29 is 33.0 Å². The van der Waals surface area contributed by atoms with E-state index in [1.165, 1.54) is 12.8 Å². The molecule has 2 spiro atoms. The summed E-state index contributed by atoms with van der Waals surface area (Å²) in [6.45, 7) is 29.6. The minimum atomic E-state index is -0.368. The highest BCUT2D eigenvalue weighted by atomic mass is 79.9. The molecule has 0 amide bonds. The summed E-state index contributed by atoms with van der Waals surface area (Å²) in [5.41, 5.74) is 43.5. The van der Waals surface area contributed by atoms with Crippen LogP contribution in [-0.4, -0.2) is 186 Å². The van der Waals surface area contributed by atoms with Gasteiger partial charge in [0.05, 0.1) is 104 Å². The first-order valence-electron chi connectivity index (χ1n) is 41.6. The van der Waals surface area contributed by atoms with Crippen molar-refractivity contribution in [2.75, 3.05) is 130 Å². The van der Waals surface area contributed by atoms with Crippen molar-refractivity contribution in [1.82, 2.24) is 70.1 Å². The predicted molar refractivity (Wildman–Crippen MR) is 504 cm³/mol. The Balaban J connectivity index is 0.000000131. The summed E-state index contributed by atoms with van der Waals surface area (Å²) in [4.78, 5) is 61.3. The van der Waals surface area contributed by atoms with Gasteiger partial charge in [0.15, 0.2) is 16.9 Å².